The van der Waals surface area contributed by atoms with Gasteiger partial charge in [0, 0.05) is 11.1 Å². The van der Waals surface area contributed by atoms with Gasteiger partial charge in [0.25, 0.3) is 0 Å². The van der Waals surface area contributed by atoms with Gasteiger partial charge in [0.1, 0.15) is 0 Å². The highest BCUT2D eigenvalue weighted by atomic mass is 35.5. The van der Waals surface area contributed by atoms with Gasteiger partial charge in [0.05, 0.1) is 32.0 Å². The lowest BCUT2D eigenvalue weighted by atomic mass is 10.1. The van der Waals surface area contributed by atoms with Crippen LogP contribution in [0.2, 0.25) is 0 Å². The van der Waals surface area contributed by atoms with Crippen molar-refractivity contribution in [3.8, 4) is 0 Å². The molecule has 120 valence electrons. The Labute approximate surface area is 141 Å². The fourth-order valence-electron chi connectivity index (χ4n) is 2.50. The second-order valence-electron chi connectivity index (χ2n) is 5.44. The molecule has 3 rings (SSSR count). The zero-order valence-electron chi connectivity index (χ0n) is 13.2. The van der Waals surface area contributed by atoms with E-state index in [4.69, 9.17) is 9.73 Å². The number of aryl methyl sites for hydroxylation is 3. The summed E-state index contributed by atoms with van der Waals surface area (Å²) in [5, 5.41) is 4.48. The van der Waals surface area contributed by atoms with Gasteiger partial charge in [-0.3, -0.25) is 0 Å². The largest absolute Gasteiger partial charge is 0.378 e. The number of rotatable bonds is 2. The topological polar surface area (TPSA) is 29.8 Å². The van der Waals surface area contributed by atoms with Gasteiger partial charge in [0.15, 0.2) is 0 Å². The zero-order valence-corrected chi connectivity index (χ0v) is 14.8. The van der Waals surface area contributed by atoms with E-state index >= 15 is 0 Å². The van der Waals surface area contributed by atoms with Gasteiger partial charge in [-0.2, -0.15) is 0 Å². The van der Waals surface area contributed by atoms with Crippen LogP contribution in [0.25, 0.3) is 0 Å². The molecule has 0 spiro atoms. The lowest BCUT2D eigenvalue weighted by molar-refractivity contribution is 0.110. The number of nitrogens with zero attached hydrogens (tertiary/aromatic N) is 3. The van der Waals surface area contributed by atoms with E-state index < -0.39 is 0 Å². The van der Waals surface area contributed by atoms with Gasteiger partial charge >= 0.3 is 0 Å². The molecular formula is C16H22ClN3OS. The third-order valence-corrected chi connectivity index (χ3v) is 4.64. The van der Waals surface area contributed by atoms with Crippen LogP contribution < -0.4 is 9.81 Å². The molecule has 1 aromatic carbocycles. The smallest absolute Gasteiger partial charge is 0.209 e. The Hall–Kier alpha value is -1.30. The molecule has 1 aromatic heterocycles. The summed E-state index contributed by atoms with van der Waals surface area (Å²) in [4.78, 5) is 5.93. The number of aromatic nitrogens is 1. The van der Waals surface area contributed by atoms with Crippen molar-refractivity contribution in [1.82, 2.24) is 4.68 Å². The third kappa shape index (κ3) is 3.54. The second-order valence-corrected chi connectivity index (χ2v) is 6.28. The van der Waals surface area contributed by atoms with Gasteiger partial charge < -0.3 is 9.75 Å². The summed E-state index contributed by atoms with van der Waals surface area (Å²) in [5.74, 6) is 0. The van der Waals surface area contributed by atoms with Crippen LogP contribution in [0.5, 0.6) is 0 Å². The normalized spacial score (nSPS) is 15.8. The Kier molecular flexibility index (Phi) is 5.67. The van der Waals surface area contributed by atoms with Crippen LogP contribution in [0.4, 0.5) is 5.69 Å². The fourth-order valence-corrected chi connectivity index (χ4v) is 3.39. The standard InChI is InChI=1S/C16H21N3OS.ClH/c1-12-4-5-13(2)15(10-12)17-16-19(14(3)11-21-16)18-6-8-20-9-7-18;/h4-5,10-11H,6-9H2,1-3H3;1H. The molecule has 0 amide bonds. The van der Waals surface area contributed by atoms with E-state index in [0.29, 0.717) is 0 Å². The predicted octanol–water partition coefficient (Wildman–Crippen LogP) is 3.10. The van der Waals surface area contributed by atoms with Gasteiger partial charge in [-0.05, 0) is 38.0 Å². The number of hydrogen-bond donors (Lipinski definition) is 0. The van der Waals surface area contributed by atoms with E-state index in [9.17, 15) is 0 Å². The molecular weight excluding hydrogens is 318 g/mol. The number of ether oxygens (including phenoxy) is 1. The number of morpholine rings is 1. The Balaban J connectivity index is 0.00000176. The van der Waals surface area contributed by atoms with E-state index in [2.05, 4.69) is 54.0 Å². The minimum absolute atomic E-state index is 0. The van der Waals surface area contributed by atoms with Gasteiger partial charge in [-0.25, -0.2) is 9.67 Å². The van der Waals surface area contributed by atoms with Crippen LogP contribution in [0.3, 0.4) is 0 Å². The van der Waals surface area contributed by atoms with Crippen LogP contribution in [0.1, 0.15) is 16.8 Å². The maximum atomic E-state index is 5.45. The highest BCUT2D eigenvalue weighted by Crippen LogP contribution is 2.19. The van der Waals surface area contributed by atoms with Crippen LogP contribution in [-0.2, 0) is 4.74 Å². The molecule has 0 unspecified atom stereocenters. The maximum Gasteiger partial charge on any atom is 0.209 e. The second kappa shape index (κ2) is 7.31. The van der Waals surface area contributed by atoms with Crippen molar-refractivity contribution in [2.75, 3.05) is 31.3 Å². The SMILES string of the molecule is Cc1ccc(C)c(N=c2scc(C)n2N2CCOCC2)c1.Cl. The summed E-state index contributed by atoms with van der Waals surface area (Å²) < 4.78 is 7.68. The molecule has 22 heavy (non-hydrogen) atoms. The molecule has 1 saturated heterocycles. The number of thiazole rings is 1. The molecule has 1 aliphatic heterocycles. The number of halogens is 1. The molecule has 0 bridgehead atoms. The molecule has 1 fully saturated rings. The van der Waals surface area contributed by atoms with Crippen molar-refractivity contribution in [2.45, 2.75) is 20.8 Å². The predicted molar refractivity (Wildman–Crippen MR) is 94.2 cm³/mol. The molecule has 0 radical (unpaired) electrons. The molecule has 2 heterocycles. The van der Waals surface area contributed by atoms with E-state index in [0.717, 1.165) is 36.8 Å². The molecule has 0 atom stereocenters. The van der Waals surface area contributed by atoms with E-state index in [-0.39, 0.29) is 12.4 Å². The Morgan fingerprint density at radius 2 is 1.86 bits per heavy atom. The van der Waals surface area contributed by atoms with Crippen molar-refractivity contribution in [1.29, 1.82) is 0 Å². The lowest BCUT2D eigenvalue weighted by Crippen LogP contribution is -2.48. The first-order valence-electron chi connectivity index (χ1n) is 7.27. The molecule has 0 saturated carbocycles. The van der Waals surface area contributed by atoms with Crippen LogP contribution >= 0.6 is 23.7 Å². The minimum Gasteiger partial charge on any atom is -0.378 e. The summed E-state index contributed by atoms with van der Waals surface area (Å²) in [7, 11) is 0. The summed E-state index contributed by atoms with van der Waals surface area (Å²) in [6.07, 6.45) is 0. The first-order valence-corrected chi connectivity index (χ1v) is 8.15. The number of hydrogen-bond acceptors (Lipinski definition) is 4. The molecule has 2 aromatic rings. The molecule has 6 heteroatoms. The van der Waals surface area contributed by atoms with Crippen LogP contribution in [-0.4, -0.2) is 31.0 Å². The zero-order chi connectivity index (χ0) is 14.8. The van der Waals surface area contributed by atoms with Crippen molar-refractivity contribution >= 4 is 29.4 Å². The molecule has 0 aliphatic carbocycles. The Morgan fingerprint density at radius 3 is 2.59 bits per heavy atom. The first-order chi connectivity index (χ1) is 10.1. The first kappa shape index (κ1) is 17.1. The molecule has 1 aliphatic rings. The summed E-state index contributed by atoms with van der Waals surface area (Å²) in [5.41, 5.74) is 4.73. The van der Waals surface area contributed by atoms with E-state index in [1.165, 1.54) is 16.8 Å². The van der Waals surface area contributed by atoms with Crippen LogP contribution in [0, 0.1) is 20.8 Å². The average molecular weight is 340 g/mol. The van der Waals surface area contributed by atoms with Gasteiger partial charge in [-0.1, -0.05) is 12.1 Å². The minimum atomic E-state index is 0. The highest BCUT2D eigenvalue weighted by molar-refractivity contribution is 7.07. The average Bonchev–Trinajstić information content (AvgIpc) is 2.85. The number of benzene rings is 1. The van der Waals surface area contributed by atoms with Crippen LogP contribution in [0.15, 0.2) is 28.6 Å². The van der Waals surface area contributed by atoms with E-state index in [1.807, 2.05) is 0 Å². The van der Waals surface area contributed by atoms with Crippen molar-refractivity contribution in [2.24, 2.45) is 4.99 Å². The van der Waals surface area contributed by atoms with E-state index in [1.54, 1.807) is 11.3 Å². The fraction of sp³-hybridized carbons (Fsp3) is 0.438. The quantitative estimate of drug-likeness (QED) is 0.841. The monoisotopic (exact) mass is 339 g/mol. The molecule has 4 nitrogen and oxygen atoms in total. The third-order valence-electron chi connectivity index (χ3n) is 3.70. The molecule has 0 N–H and O–H groups in total. The lowest BCUT2D eigenvalue weighted by Gasteiger charge is -2.30. The summed E-state index contributed by atoms with van der Waals surface area (Å²) in [6, 6.07) is 6.41. The Morgan fingerprint density at radius 1 is 1.14 bits per heavy atom. The van der Waals surface area contributed by atoms with Crippen molar-refractivity contribution in [3.63, 3.8) is 0 Å². The summed E-state index contributed by atoms with van der Waals surface area (Å²) >= 11 is 1.69. The summed E-state index contributed by atoms with van der Waals surface area (Å²) in [6.45, 7) is 9.74. The van der Waals surface area contributed by atoms with Gasteiger partial charge in [-0.15, -0.1) is 23.7 Å². The van der Waals surface area contributed by atoms with Crippen molar-refractivity contribution in [3.05, 3.63) is 45.2 Å². The van der Waals surface area contributed by atoms with Crippen molar-refractivity contribution < 1.29 is 4.74 Å². The maximum absolute atomic E-state index is 5.45. The Bertz CT molecular complexity index is 702. The highest BCUT2D eigenvalue weighted by Gasteiger charge is 2.14. The van der Waals surface area contributed by atoms with Gasteiger partial charge in [0.2, 0.25) is 4.80 Å².